The lowest BCUT2D eigenvalue weighted by Crippen LogP contribution is -2.49. The van der Waals surface area contributed by atoms with Crippen molar-refractivity contribution >= 4 is 34.1 Å². The van der Waals surface area contributed by atoms with E-state index in [0.29, 0.717) is 79.3 Å². The summed E-state index contributed by atoms with van der Waals surface area (Å²) in [6, 6.07) is 13.6. The van der Waals surface area contributed by atoms with Crippen molar-refractivity contribution in [3.05, 3.63) is 96.1 Å². The topological polar surface area (TPSA) is 112 Å². The molecule has 48 heavy (non-hydrogen) atoms. The van der Waals surface area contributed by atoms with E-state index in [2.05, 4.69) is 20.3 Å². The van der Waals surface area contributed by atoms with Gasteiger partial charge in [0, 0.05) is 80.7 Å². The number of aryl methyl sites for hydroxylation is 1. The Morgan fingerprint density at radius 2 is 1.77 bits per heavy atom. The van der Waals surface area contributed by atoms with Gasteiger partial charge in [-0.05, 0) is 41.8 Å². The number of ether oxygens (including phenoxy) is 1. The Kier molecular flexibility index (Phi) is 8.57. The van der Waals surface area contributed by atoms with Crippen molar-refractivity contribution in [2.75, 3.05) is 51.3 Å². The van der Waals surface area contributed by atoms with E-state index < -0.39 is 5.82 Å². The molecule has 2 aliphatic heterocycles. The molecule has 0 bridgehead atoms. The first kappa shape index (κ1) is 31.0. The van der Waals surface area contributed by atoms with Gasteiger partial charge in [0.1, 0.15) is 23.1 Å². The van der Waals surface area contributed by atoms with Crippen LogP contribution in [-0.2, 0) is 11.3 Å². The maximum absolute atomic E-state index is 16.6. The highest BCUT2D eigenvalue weighted by Gasteiger charge is 2.28. The quantitative estimate of drug-likeness (QED) is 0.257. The third kappa shape index (κ3) is 6.10. The number of para-hydroxylation sites is 1. The highest BCUT2D eigenvalue weighted by Crippen LogP contribution is 2.40. The average molecular weight is 653 g/mol. The number of piperazine rings is 1. The molecule has 0 spiro atoms. The van der Waals surface area contributed by atoms with Gasteiger partial charge in [-0.2, -0.15) is 0 Å². The number of hydrogen-bond acceptors (Lipinski definition) is 7. The summed E-state index contributed by atoms with van der Waals surface area (Å²) < 4.78 is 37.6. The summed E-state index contributed by atoms with van der Waals surface area (Å²) in [5.74, 6) is -0.0379. The maximum atomic E-state index is 16.6. The summed E-state index contributed by atoms with van der Waals surface area (Å²) in [6.45, 7) is 2.95. The minimum atomic E-state index is -0.493. The van der Waals surface area contributed by atoms with Crippen molar-refractivity contribution in [2.24, 2.45) is 0 Å². The van der Waals surface area contributed by atoms with E-state index in [0.717, 1.165) is 5.56 Å². The van der Waals surface area contributed by atoms with Crippen molar-refractivity contribution in [1.82, 2.24) is 34.8 Å². The predicted octanol–water partition coefficient (Wildman–Crippen LogP) is 4.78. The van der Waals surface area contributed by atoms with Crippen LogP contribution in [0.25, 0.3) is 27.6 Å². The number of carbonyl (C=O) groups is 2. The zero-order valence-corrected chi connectivity index (χ0v) is 26.4. The number of halogens is 2. The Morgan fingerprint density at radius 1 is 0.938 bits per heavy atom. The van der Waals surface area contributed by atoms with Gasteiger partial charge in [-0.1, -0.05) is 29.5 Å². The number of aromatic nitrogens is 5. The van der Waals surface area contributed by atoms with E-state index >= 15 is 4.39 Å². The molecule has 13 heteroatoms. The standard InChI is InChI=1S/C35H34F2N8O3/c1-48-30-7-3-2-6-25(30)27-20-26(23-5-4-12-44(22-23)32(46)9-13-45-14-11-39-41-45)33(37)34-28(27)21-29(40-34)35(47)43-17-15-42(16-18-43)31-19-24(36)8-10-38-31/h2-3,5-8,10-11,14,19-21,40H,4,9,12-13,15-18,22H2,1H3. The Bertz CT molecular complexity index is 2000. The van der Waals surface area contributed by atoms with Crippen LogP contribution < -0.4 is 9.64 Å². The molecule has 3 aromatic heterocycles. The highest BCUT2D eigenvalue weighted by atomic mass is 19.1. The number of hydrogen-bond donors (Lipinski definition) is 1. The number of amides is 2. The van der Waals surface area contributed by atoms with Crippen LogP contribution in [0.4, 0.5) is 14.6 Å². The number of methoxy groups -OCH3 is 1. The lowest BCUT2D eigenvalue weighted by molar-refractivity contribution is -0.131. The zero-order chi connectivity index (χ0) is 33.2. The summed E-state index contributed by atoms with van der Waals surface area (Å²) in [4.78, 5) is 39.7. The molecule has 2 amide bonds. The first-order valence-electron chi connectivity index (χ1n) is 15.8. The molecular weight excluding hydrogens is 618 g/mol. The zero-order valence-electron chi connectivity index (χ0n) is 26.4. The van der Waals surface area contributed by atoms with Crippen LogP contribution >= 0.6 is 0 Å². The molecule has 0 radical (unpaired) electrons. The number of aromatic amines is 1. The molecule has 0 saturated carbocycles. The number of anilines is 1. The summed E-state index contributed by atoms with van der Waals surface area (Å²) in [5, 5.41) is 8.26. The molecule has 246 valence electrons. The second-order valence-corrected chi connectivity index (χ2v) is 11.8. The van der Waals surface area contributed by atoms with Crippen LogP contribution in [0, 0.1) is 11.6 Å². The van der Waals surface area contributed by atoms with E-state index in [1.165, 1.54) is 18.3 Å². The molecule has 7 rings (SSSR count). The van der Waals surface area contributed by atoms with E-state index in [1.54, 1.807) is 46.1 Å². The second-order valence-electron chi connectivity index (χ2n) is 11.8. The first-order valence-corrected chi connectivity index (χ1v) is 15.8. The van der Waals surface area contributed by atoms with Crippen molar-refractivity contribution < 1.29 is 23.1 Å². The number of nitrogens with one attached hydrogen (secondary N) is 1. The third-order valence-corrected chi connectivity index (χ3v) is 8.95. The largest absolute Gasteiger partial charge is 0.496 e. The van der Waals surface area contributed by atoms with E-state index in [1.807, 2.05) is 35.2 Å². The van der Waals surface area contributed by atoms with Crippen molar-refractivity contribution in [3.63, 3.8) is 0 Å². The molecule has 0 aliphatic carbocycles. The maximum Gasteiger partial charge on any atom is 0.270 e. The number of rotatable bonds is 8. The molecule has 2 aliphatic rings. The van der Waals surface area contributed by atoms with Crippen LogP contribution in [-0.4, -0.2) is 93.0 Å². The van der Waals surface area contributed by atoms with Gasteiger partial charge in [0.2, 0.25) is 5.91 Å². The lowest BCUT2D eigenvalue weighted by Gasteiger charge is -2.35. The van der Waals surface area contributed by atoms with Gasteiger partial charge in [-0.15, -0.1) is 5.10 Å². The second kappa shape index (κ2) is 13.3. The van der Waals surface area contributed by atoms with Crippen LogP contribution in [0.2, 0.25) is 0 Å². The molecular formula is C35H34F2N8O3. The number of fused-ring (bicyclic) bond motifs is 1. The molecule has 2 aromatic carbocycles. The molecule has 5 aromatic rings. The SMILES string of the molecule is COc1ccccc1-c1cc(C2=CCCN(C(=O)CCn3ccnn3)C2)c(F)c2[nH]c(C(=O)N3CCN(c4cc(F)ccn4)CC3)cc12. The summed E-state index contributed by atoms with van der Waals surface area (Å²) >= 11 is 0. The van der Waals surface area contributed by atoms with E-state index in [-0.39, 0.29) is 41.8 Å². The van der Waals surface area contributed by atoms with Gasteiger partial charge in [0.25, 0.3) is 5.91 Å². The minimum absolute atomic E-state index is 0.0522. The Hall–Kier alpha value is -5.59. The highest BCUT2D eigenvalue weighted by molar-refractivity contribution is 6.05. The Balaban J connectivity index is 1.19. The Morgan fingerprint density at radius 3 is 2.54 bits per heavy atom. The van der Waals surface area contributed by atoms with Crippen LogP contribution in [0.15, 0.2) is 73.2 Å². The van der Waals surface area contributed by atoms with Gasteiger partial charge in [-0.3, -0.25) is 14.3 Å². The summed E-state index contributed by atoms with van der Waals surface area (Å²) in [5.41, 5.74) is 2.96. The van der Waals surface area contributed by atoms with Crippen LogP contribution in [0.1, 0.15) is 28.9 Å². The van der Waals surface area contributed by atoms with Crippen molar-refractivity contribution in [1.29, 1.82) is 0 Å². The van der Waals surface area contributed by atoms with E-state index in [9.17, 15) is 14.0 Å². The van der Waals surface area contributed by atoms with Gasteiger partial charge in [0.15, 0.2) is 5.82 Å². The average Bonchev–Trinajstić information content (AvgIpc) is 3.82. The Labute approximate surface area is 275 Å². The molecule has 11 nitrogen and oxygen atoms in total. The predicted molar refractivity (Wildman–Crippen MR) is 176 cm³/mol. The van der Waals surface area contributed by atoms with Gasteiger partial charge >= 0.3 is 0 Å². The number of pyridine rings is 1. The normalized spacial score (nSPS) is 15.1. The van der Waals surface area contributed by atoms with Crippen molar-refractivity contribution in [3.8, 4) is 16.9 Å². The van der Waals surface area contributed by atoms with Crippen LogP contribution in [0.5, 0.6) is 5.75 Å². The molecule has 0 unspecified atom stereocenters. The number of benzene rings is 2. The van der Waals surface area contributed by atoms with Crippen LogP contribution in [0.3, 0.4) is 0 Å². The lowest BCUT2D eigenvalue weighted by atomic mass is 9.93. The molecule has 1 N–H and O–H groups in total. The van der Waals surface area contributed by atoms with Crippen molar-refractivity contribution in [2.45, 2.75) is 19.4 Å². The number of H-pyrrole nitrogens is 1. The fourth-order valence-corrected chi connectivity index (χ4v) is 6.45. The van der Waals surface area contributed by atoms with E-state index in [4.69, 9.17) is 4.74 Å². The summed E-state index contributed by atoms with van der Waals surface area (Å²) in [6.07, 6.45) is 7.50. The molecule has 0 atom stereocenters. The fourth-order valence-electron chi connectivity index (χ4n) is 6.45. The molecule has 1 saturated heterocycles. The van der Waals surface area contributed by atoms with Gasteiger partial charge in [0.05, 0.1) is 25.4 Å². The number of carbonyl (C=O) groups excluding carboxylic acids is 2. The molecule has 5 heterocycles. The first-order chi connectivity index (χ1) is 23.4. The minimum Gasteiger partial charge on any atom is -0.496 e. The summed E-state index contributed by atoms with van der Waals surface area (Å²) in [7, 11) is 1.58. The smallest absolute Gasteiger partial charge is 0.270 e. The third-order valence-electron chi connectivity index (χ3n) is 8.95. The number of nitrogens with zero attached hydrogens (tertiary/aromatic N) is 7. The monoisotopic (exact) mass is 652 g/mol. The van der Waals surface area contributed by atoms with Gasteiger partial charge < -0.3 is 24.4 Å². The van der Waals surface area contributed by atoms with Gasteiger partial charge in [-0.25, -0.2) is 13.8 Å². The molecule has 1 fully saturated rings. The fraction of sp³-hybridized carbons (Fsp3) is 0.286.